The average molecular weight is 296 g/mol. The first-order valence-corrected chi connectivity index (χ1v) is 6.33. The minimum atomic E-state index is -1.43. The number of carbonyl (C=O) groups is 2. The molecule has 0 unspecified atom stereocenters. The molecule has 21 heavy (non-hydrogen) atoms. The fourth-order valence-corrected chi connectivity index (χ4v) is 1.75. The molecule has 1 N–H and O–H groups in total. The van der Waals surface area contributed by atoms with Crippen LogP contribution in [-0.2, 0) is 4.79 Å². The van der Waals surface area contributed by atoms with Crippen molar-refractivity contribution in [2.45, 2.75) is 13.8 Å². The first kappa shape index (κ1) is 16.4. The summed E-state index contributed by atoms with van der Waals surface area (Å²) in [7, 11) is 0. The molecule has 0 heterocycles. The van der Waals surface area contributed by atoms with Crippen LogP contribution in [0.2, 0.25) is 0 Å². The van der Waals surface area contributed by atoms with E-state index in [1.165, 1.54) is 6.07 Å². The van der Waals surface area contributed by atoms with E-state index >= 15 is 0 Å². The quantitative estimate of drug-likeness (QED) is 0.603. The first-order valence-electron chi connectivity index (χ1n) is 6.33. The Morgan fingerprint density at radius 2 is 1.95 bits per heavy atom. The summed E-state index contributed by atoms with van der Waals surface area (Å²) in [5, 5.41) is 19.7. The van der Waals surface area contributed by atoms with Crippen molar-refractivity contribution in [1.82, 2.24) is 4.90 Å². The highest BCUT2D eigenvalue weighted by Gasteiger charge is 2.21. The van der Waals surface area contributed by atoms with Crippen molar-refractivity contribution >= 4 is 17.6 Å². The molecule has 8 nitrogen and oxygen atoms in total. The number of carbonyl (C=O) groups excluding carboxylic acids is 1. The maximum atomic E-state index is 11.7. The van der Waals surface area contributed by atoms with Gasteiger partial charge >= 0.3 is 5.97 Å². The van der Waals surface area contributed by atoms with Gasteiger partial charge in [-0.2, -0.15) is 0 Å². The van der Waals surface area contributed by atoms with E-state index in [1.807, 2.05) is 13.8 Å². The lowest BCUT2D eigenvalue weighted by atomic mass is 10.1. The molecule has 0 aromatic heterocycles. The van der Waals surface area contributed by atoms with Crippen molar-refractivity contribution in [2.75, 3.05) is 19.7 Å². The van der Waals surface area contributed by atoms with E-state index in [2.05, 4.69) is 0 Å². The number of nitrogens with zero attached hydrogens (tertiary/aromatic N) is 2. The van der Waals surface area contributed by atoms with Gasteiger partial charge in [-0.05, 0) is 19.9 Å². The smallest absolute Gasteiger partial charge is 0.342 e. The topological polar surface area (TPSA) is 110 Å². The van der Waals surface area contributed by atoms with Gasteiger partial charge in [-0.3, -0.25) is 14.9 Å². The monoisotopic (exact) mass is 296 g/mol. The van der Waals surface area contributed by atoms with Crippen LogP contribution < -0.4 is 4.74 Å². The highest BCUT2D eigenvalue weighted by atomic mass is 16.6. The number of hydrogen-bond acceptors (Lipinski definition) is 5. The van der Waals surface area contributed by atoms with Crippen molar-refractivity contribution in [2.24, 2.45) is 0 Å². The third-order valence-corrected chi connectivity index (χ3v) is 2.87. The van der Waals surface area contributed by atoms with Gasteiger partial charge in [0.15, 0.2) is 6.61 Å². The molecule has 0 bridgehead atoms. The number of amides is 1. The number of carboxylic acid groups (broad SMARTS) is 1. The molecule has 0 aliphatic carbocycles. The molecular formula is C13H16N2O6. The maximum Gasteiger partial charge on any atom is 0.342 e. The van der Waals surface area contributed by atoms with Crippen LogP contribution in [0.3, 0.4) is 0 Å². The van der Waals surface area contributed by atoms with Gasteiger partial charge in [-0.15, -0.1) is 0 Å². The Hall–Kier alpha value is -2.64. The summed E-state index contributed by atoms with van der Waals surface area (Å²) >= 11 is 0. The Bertz CT molecular complexity index is 554. The molecule has 1 rings (SSSR count). The lowest BCUT2D eigenvalue weighted by Gasteiger charge is -2.18. The molecule has 0 aliphatic heterocycles. The average Bonchev–Trinajstić information content (AvgIpc) is 2.45. The fraction of sp³-hybridized carbons (Fsp3) is 0.385. The third kappa shape index (κ3) is 4.16. The first-order chi connectivity index (χ1) is 9.90. The highest BCUT2D eigenvalue weighted by Crippen LogP contribution is 2.24. The van der Waals surface area contributed by atoms with E-state index in [1.54, 1.807) is 4.90 Å². The number of nitro benzene ring substituents is 1. The molecule has 8 heteroatoms. The zero-order chi connectivity index (χ0) is 16.0. The Kier molecular flexibility index (Phi) is 5.65. The number of rotatable bonds is 7. The number of nitro groups is 1. The lowest BCUT2D eigenvalue weighted by molar-refractivity contribution is -0.385. The van der Waals surface area contributed by atoms with Crippen molar-refractivity contribution < 1.29 is 24.4 Å². The van der Waals surface area contributed by atoms with Crippen LogP contribution in [0.4, 0.5) is 5.69 Å². The van der Waals surface area contributed by atoms with Gasteiger partial charge in [-0.1, -0.05) is 0 Å². The van der Waals surface area contributed by atoms with Crippen LogP contribution in [-0.4, -0.2) is 46.5 Å². The van der Waals surface area contributed by atoms with Crippen LogP contribution in [0, 0.1) is 10.1 Å². The van der Waals surface area contributed by atoms with Gasteiger partial charge < -0.3 is 14.7 Å². The number of benzene rings is 1. The van der Waals surface area contributed by atoms with Gasteiger partial charge in [-0.25, -0.2) is 4.79 Å². The Balaban J connectivity index is 2.86. The fourth-order valence-electron chi connectivity index (χ4n) is 1.75. The molecule has 0 saturated heterocycles. The molecule has 114 valence electrons. The molecule has 1 amide bonds. The lowest BCUT2D eigenvalue weighted by Crippen LogP contribution is -2.34. The largest absolute Gasteiger partial charge is 0.484 e. The Labute approximate surface area is 121 Å². The molecule has 0 fully saturated rings. The van der Waals surface area contributed by atoms with Gasteiger partial charge in [0, 0.05) is 25.2 Å². The van der Waals surface area contributed by atoms with Gasteiger partial charge in [0.05, 0.1) is 4.92 Å². The van der Waals surface area contributed by atoms with E-state index in [-0.39, 0.29) is 18.3 Å². The number of likely N-dealkylation sites (N-methyl/N-ethyl adjacent to an activating group) is 1. The predicted molar refractivity (Wildman–Crippen MR) is 73.5 cm³/mol. The van der Waals surface area contributed by atoms with Gasteiger partial charge in [0.1, 0.15) is 11.3 Å². The van der Waals surface area contributed by atoms with Gasteiger partial charge in [0.2, 0.25) is 0 Å². The van der Waals surface area contributed by atoms with Crippen LogP contribution in [0.5, 0.6) is 5.75 Å². The second-order valence-corrected chi connectivity index (χ2v) is 4.10. The normalized spacial score (nSPS) is 10.0. The third-order valence-electron chi connectivity index (χ3n) is 2.87. The second kappa shape index (κ2) is 7.22. The SMILES string of the molecule is CCN(CC)C(=O)COc1ccc([N+](=O)[O-])c(C(=O)O)c1. The molecule has 1 aromatic carbocycles. The minimum absolute atomic E-state index is 0.0958. The van der Waals surface area contributed by atoms with Crippen molar-refractivity contribution in [3.8, 4) is 5.75 Å². The summed E-state index contributed by atoms with van der Waals surface area (Å²) in [4.78, 5) is 34.2. The standard InChI is InChI=1S/C13H16N2O6/c1-3-14(4-2)12(16)8-21-9-5-6-11(15(19)20)10(7-9)13(17)18/h5-7H,3-4,8H2,1-2H3,(H,17,18). The summed E-state index contributed by atoms with van der Waals surface area (Å²) in [5.74, 6) is -1.57. The van der Waals surface area contributed by atoms with Crippen LogP contribution in [0.25, 0.3) is 0 Å². The van der Waals surface area contributed by atoms with Crippen LogP contribution in [0.1, 0.15) is 24.2 Å². The maximum absolute atomic E-state index is 11.7. The van der Waals surface area contributed by atoms with Crippen molar-refractivity contribution in [3.63, 3.8) is 0 Å². The highest BCUT2D eigenvalue weighted by molar-refractivity contribution is 5.92. The molecular weight excluding hydrogens is 280 g/mol. The van der Waals surface area contributed by atoms with Crippen molar-refractivity contribution in [1.29, 1.82) is 0 Å². The zero-order valence-electron chi connectivity index (χ0n) is 11.7. The second-order valence-electron chi connectivity index (χ2n) is 4.10. The molecule has 0 spiro atoms. The Morgan fingerprint density at radius 1 is 1.33 bits per heavy atom. The summed E-state index contributed by atoms with van der Waals surface area (Å²) in [5.41, 5.74) is -1.00. The number of aromatic carboxylic acids is 1. The minimum Gasteiger partial charge on any atom is -0.484 e. The summed E-state index contributed by atoms with van der Waals surface area (Å²) < 4.78 is 5.20. The van der Waals surface area contributed by atoms with Crippen molar-refractivity contribution in [3.05, 3.63) is 33.9 Å². The number of hydrogen-bond donors (Lipinski definition) is 1. The summed E-state index contributed by atoms with van der Waals surface area (Å²) in [6, 6.07) is 3.34. The van der Waals surface area contributed by atoms with E-state index < -0.39 is 22.1 Å². The van der Waals surface area contributed by atoms with E-state index in [0.717, 1.165) is 12.1 Å². The number of ether oxygens (including phenoxy) is 1. The summed E-state index contributed by atoms with van der Waals surface area (Å²) in [6.07, 6.45) is 0. The Morgan fingerprint density at radius 3 is 2.43 bits per heavy atom. The van der Waals surface area contributed by atoms with Gasteiger partial charge in [0.25, 0.3) is 11.6 Å². The van der Waals surface area contributed by atoms with Crippen LogP contribution >= 0.6 is 0 Å². The van der Waals surface area contributed by atoms with Crippen LogP contribution in [0.15, 0.2) is 18.2 Å². The van der Waals surface area contributed by atoms with E-state index in [0.29, 0.717) is 13.1 Å². The summed E-state index contributed by atoms with van der Waals surface area (Å²) in [6.45, 7) is 4.49. The molecule has 0 saturated carbocycles. The zero-order valence-corrected chi connectivity index (χ0v) is 11.7. The van der Waals surface area contributed by atoms with E-state index in [4.69, 9.17) is 9.84 Å². The molecule has 0 atom stereocenters. The van der Waals surface area contributed by atoms with E-state index in [9.17, 15) is 19.7 Å². The molecule has 1 aromatic rings. The molecule has 0 radical (unpaired) electrons. The molecule has 0 aliphatic rings. The predicted octanol–water partition coefficient (Wildman–Crippen LogP) is 1.54. The number of carboxylic acids is 1.